The summed E-state index contributed by atoms with van der Waals surface area (Å²) in [7, 11) is 0. The normalized spacial score (nSPS) is 26.0. The van der Waals surface area contributed by atoms with Gasteiger partial charge < -0.3 is 31.5 Å². The number of piperidine rings is 3. The third-order valence-corrected chi connectivity index (χ3v) is 9.90. The first-order valence-corrected chi connectivity index (χ1v) is 18.0. The minimum absolute atomic E-state index is 0.0501. The number of aromatic nitrogens is 3. The average molecular weight is 628 g/mol. The van der Waals surface area contributed by atoms with Crippen LogP contribution in [-0.4, -0.2) is 79.4 Å². The Morgan fingerprint density at radius 2 is 1.09 bits per heavy atom. The zero-order chi connectivity index (χ0) is 33.3. The third kappa shape index (κ3) is 11.3. The van der Waals surface area contributed by atoms with Gasteiger partial charge in [-0.05, 0) is 141 Å². The molecule has 45 heavy (non-hydrogen) atoms. The van der Waals surface area contributed by atoms with Gasteiger partial charge in [0, 0.05) is 57.9 Å². The summed E-state index contributed by atoms with van der Waals surface area (Å²) < 4.78 is 0. The smallest absolute Gasteiger partial charge is 0.230 e. The van der Waals surface area contributed by atoms with Crippen LogP contribution in [0, 0.1) is 0 Å². The second-order valence-electron chi connectivity index (χ2n) is 18.8. The predicted octanol–water partition coefficient (Wildman–Crippen LogP) is 6.17. The van der Waals surface area contributed by atoms with Crippen molar-refractivity contribution in [1.82, 2.24) is 36.2 Å². The van der Waals surface area contributed by atoms with Crippen LogP contribution >= 0.6 is 0 Å². The lowest BCUT2D eigenvalue weighted by Crippen LogP contribution is -2.62. The van der Waals surface area contributed by atoms with Gasteiger partial charge in [-0.3, -0.25) is 0 Å². The van der Waals surface area contributed by atoms with Gasteiger partial charge in [-0.25, -0.2) is 9.97 Å². The molecule has 9 nitrogen and oxygen atoms in total. The first-order chi connectivity index (χ1) is 20.6. The molecule has 3 fully saturated rings. The summed E-state index contributed by atoms with van der Waals surface area (Å²) in [6, 6.07) is 1.27. The van der Waals surface area contributed by atoms with Crippen LogP contribution in [-0.2, 0) is 0 Å². The van der Waals surface area contributed by atoms with Crippen molar-refractivity contribution in [2.75, 3.05) is 23.3 Å². The van der Waals surface area contributed by atoms with Crippen LogP contribution < -0.4 is 31.5 Å². The van der Waals surface area contributed by atoms with Gasteiger partial charge in [-0.1, -0.05) is 12.8 Å². The van der Waals surface area contributed by atoms with E-state index < -0.39 is 0 Å². The SMILES string of the molecule is CC1(C)CC(NCCCCCCN(c2ncnc(NC3CC(C)(C)NC(C)(C)C3)n2)C2CC(C)(C)NC(C)(C)C2)CC(C)(C)N1. The highest BCUT2D eigenvalue weighted by Crippen LogP contribution is 2.34. The number of rotatable bonds is 12. The van der Waals surface area contributed by atoms with Crippen LogP contribution in [0.2, 0.25) is 0 Å². The van der Waals surface area contributed by atoms with Crippen molar-refractivity contribution in [2.24, 2.45) is 0 Å². The predicted molar refractivity (Wildman–Crippen MR) is 190 cm³/mol. The van der Waals surface area contributed by atoms with Gasteiger partial charge in [-0.15, -0.1) is 0 Å². The second-order valence-corrected chi connectivity index (χ2v) is 18.8. The molecule has 9 heteroatoms. The van der Waals surface area contributed by atoms with E-state index in [0.717, 1.165) is 51.1 Å². The highest BCUT2D eigenvalue weighted by Gasteiger charge is 2.41. The molecular weight excluding hydrogens is 558 g/mol. The van der Waals surface area contributed by atoms with E-state index in [4.69, 9.17) is 9.97 Å². The molecule has 0 radical (unpaired) electrons. The molecule has 0 aliphatic carbocycles. The summed E-state index contributed by atoms with van der Waals surface area (Å²) >= 11 is 0. The Labute approximate surface area is 276 Å². The molecule has 4 rings (SSSR count). The van der Waals surface area contributed by atoms with Gasteiger partial charge in [0.15, 0.2) is 0 Å². The lowest BCUT2D eigenvalue weighted by Gasteiger charge is -2.49. The molecule has 0 bridgehead atoms. The summed E-state index contributed by atoms with van der Waals surface area (Å²) in [6.45, 7) is 29.9. The van der Waals surface area contributed by atoms with E-state index in [2.05, 4.69) is 120 Å². The van der Waals surface area contributed by atoms with Crippen LogP contribution in [0.3, 0.4) is 0 Å². The molecule has 1 aromatic rings. The van der Waals surface area contributed by atoms with Gasteiger partial charge in [-0.2, -0.15) is 4.98 Å². The minimum atomic E-state index is 0.0501. The third-order valence-electron chi connectivity index (χ3n) is 9.90. The fourth-order valence-electron chi connectivity index (χ4n) is 9.57. The minimum Gasteiger partial charge on any atom is -0.351 e. The maximum Gasteiger partial charge on any atom is 0.230 e. The lowest BCUT2D eigenvalue weighted by atomic mass is 9.79. The van der Waals surface area contributed by atoms with Crippen LogP contribution in [0.15, 0.2) is 6.33 Å². The zero-order valence-electron chi connectivity index (χ0n) is 31.1. The largest absolute Gasteiger partial charge is 0.351 e. The van der Waals surface area contributed by atoms with Crippen molar-refractivity contribution < 1.29 is 0 Å². The molecule has 258 valence electrons. The van der Waals surface area contributed by atoms with E-state index in [-0.39, 0.29) is 33.2 Å². The highest BCUT2D eigenvalue weighted by atomic mass is 15.3. The number of hydrogen-bond donors (Lipinski definition) is 5. The van der Waals surface area contributed by atoms with Crippen molar-refractivity contribution >= 4 is 11.9 Å². The quantitative estimate of drug-likeness (QED) is 0.174. The number of hydrogen-bond acceptors (Lipinski definition) is 9. The molecule has 0 saturated carbocycles. The van der Waals surface area contributed by atoms with Crippen LogP contribution in [0.5, 0.6) is 0 Å². The van der Waals surface area contributed by atoms with Crippen LogP contribution in [0.4, 0.5) is 11.9 Å². The number of anilines is 2. The molecule has 3 saturated heterocycles. The van der Waals surface area contributed by atoms with Crippen LogP contribution in [0.25, 0.3) is 0 Å². The van der Waals surface area contributed by atoms with Gasteiger partial charge in [0.25, 0.3) is 0 Å². The van der Waals surface area contributed by atoms with Gasteiger partial charge in [0.1, 0.15) is 6.33 Å². The Balaban J connectivity index is 1.37. The highest BCUT2D eigenvalue weighted by molar-refractivity contribution is 5.38. The molecular formula is C36H69N9. The fraction of sp³-hybridized carbons (Fsp3) is 0.917. The second kappa shape index (κ2) is 13.5. The van der Waals surface area contributed by atoms with Crippen molar-refractivity contribution in [1.29, 1.82) is 0 Å². The average Bonchev–Trinajstić information content (AvgIpc) is 2.80. The Morgan fingerprint density at radius 3 is 1.62 bits per heavy atom. The summed E-state index contributed by atoms with van der Waals surface area (Å²) in [5.74, 6) is 1.52. The summed E-state index contributed by atoms with van der Waals surface area (Å²) in [6.07, 6.45) is 13.1. The van der Waals surface area contributed by atoms with Crippen molar-refractivity contribution in [2.45, 2.75) is 199 Å². The summed E-state index contributed by atoms with van der Waals surface area (Å²) in [5.41, 5.74) is 0.592. The Hall–Kier alpha value is -1.55. The molecule has 3 aliphatic rings. The Bertz CT molecular complexity index is 1060. The maximum absolute atomic E-state index is 5.07. The van der Waals surface area contributed by atoms with Crippen molar-refractivity contribution in [3.63, 3.8) is 0 Å². The Morgan fingerprint density at radius 1 is 0.622 bits per heavy atom. The maximum atomic E-state index is 5.07. The molecule has 0 amide bonds. The first-order valence-electron chi connectivity index (χ1n) is 18.0. The van der Waals surface area contributed by atoms with Crippen molar-refractivity contribution in [3.05, 3.63) is 6.33 Å². The van der Waals surface area contributed by atoms with E-state index in [1.807, 2.05) is 0 Å². The molecule has 3 aliphatic heterocycles. The van der Waals surface area contributed by atoms with Gasteiger partial charge in [0.2, 0.25) is 11.9 Å². The lowest BCUT2D eigenvalue weighted by molar-refractivity contribution is 0.146. The first kappa shape index (κ1) is 36.3. The number of nitrogens with one attached hydrogen (secondary N) is 5. The molecule has 0 spiro atoms. The van der Waals surface area contributed by atoms with E-state index in [1.165, 1.54) is 32.1 Å². The summed E-state index contributed by atoms with van der Waals surface area (Å²) in [5, 5.41) is 19.0. The van der Waals surface area contributed by atoms with E-state index in [1.54, 1.807) is 6.33 Å². The fourth-order valence-corrected chi connectivity index (χ4v) is 9.57. The van der Waals surface area contributed by atoms with Gasteiger partial charge >= 0.3 is 0 Å². The number of nitrogens with zero attached hydrogens (tertiary/aromatic N) is 4. The molecule has 0 aromatic carbocycles. The molecule has 1 aromatic heterocycles. The standard InChI is InChI=1S/C36H69N9/c1-31(2)19-26(20-32(3,4)42-31)37-17-15-13-14-16-18-45(28-23-35(9,10)44-36(11,12)24-28)30-39-25-38-29(41-30)40-27-21-33(5,6)43-34(7,8)22-27/h25-28,37,42-44H,13-24H2,1-12H3,(H,38,39,40,41). The molecule has 0 unspecified atom stereocenters. The Kier molecular flexibility index (Phi) is 10.9. The van der Waals surface area contributed by atoms with Crippen molar-refractivity contribution in [3.8, 4) is 0 Å². The van der Waals surface area contributed by atoms with E-state index in [9.17, 15) is 0 Å². The topological polar surface area (TPSA) is 102 Å². The molecule has 4 heterocycles. The molecule has 0 atom stereocenters. The molecule has 5 N–H and O–H groups in total. The monoisotopic (exact) mass is 628 g/mol. The van der Waals surface area contributed by atoms with E-state index >= 15 is 0 Å². The van der Waals surface area contributed by atoms with Crippen LogP contribution in [0.1, 0.15) is 147 Å². The van der Waals surface area contributed by atoms with Gasteiger partial charge in [0.05, 0.1) is 0 Å². The zero-order valence-corrected chi connectivity index (χ0v) is 31.1. The number of unbranched alkanes of at least 4 members (excludes halogenated alkanes) is 3. The summed E-state index contributed by atoms with van der Waals surface area (Å²) in [4.78, 5) is 17.0. The van der Waals surface area contributed by atoms with E-state index in [0.29, 0.717) is 24.1 Å².